The van der Waals surface area contributed by atoms with Crippen molar-refractivity contribution in [2.24, 2.45) is 0 Å². The number of fused-ring (bicyclic) bond motifs is 1. The summed E-state index contributed by atoms with van der Waals surface area (Å²) in [6.07, 6.45) is 3.03. The van der Waals surface area contributed by atoms with E-state index in [4.69, 9.17) is 16.0 Å². The summed E-state index contributed by atoms with van der Waals surface area (Å²) < 4.78 is 25.9. The predicted molar refractivity (Wildman–Crippen MR) is 70.0 cm³/mol. The molecule has 10 heteroatoms. The second-order valence-electron chi connectivity index (χ2n) is 4.29. The van der Waals surface area contributed by atoms with E-state index in [0.717, 1.165) is 24.1 Å². The highest BCUT2D eigenvalue weighted by Crippen LogP contribution is 2.41. The molecule has 1 saturated carbocycles. The fourth-order valence-electron chi connectivity index (χ4n) is 1.61. The molecule has 104 valence electrons. The molecular weight excluding hydrogens is 272 g/mol. The van der Waals surface area contributed by atoms with Gasteiger partial charge in [0, 0.05) is 5.92 Å². The Balaban J connectivity index is 0.000000232. The maximum absolute atomic E-state index is 9.19. The zero-order valence-corrected chi connectivity index (χ0v) is 11.0. The molecule has 0 atom stereocenters. The first-order chi connectivity index (χ1) is 8.74. The Hall–Kier alpha value is -1.94. The minimum absolute atomic E-state index is 0.269. The average Bonchev–Trinajstić information content (AvgIpc) is 2.97. The Labute approximate surface area is 109 Å². The minimum atomic E-state index is -3.67. The van der Waals surface area contributed by atoms with Crippen molar-refractivity contribution < 1.29 is 13.0 Å². The van der Waals surface area contributed by atoms with Gasteiger partial charge in [-0.05, 0) is 12.8 Å². The number of nitrogen functional groups attached to an aromatic ring is 2. The largest absolute Gasteiger partial charge is 0.369 e. The van der Waals surface area contributed by atoms with E-state index in [1.165, 1.54) is 0 Å². The Morgan fingerprint density at radius 1 is 1.26 bits per heavy atom. The summed E-state index contributed by atoms with van der Waals surface area (Å²) in [7, 11) is -3.67. The van der Waals surface area contributed by atoms with E-state index >= 15 is 0 Å². The third-order valence-corrected chi connectivity index (χ3v) is 2.38. The lowest BCUT2D eigenvalue weighted by atomic mass is 10.2. The van der Waals surface area contributed by atoms with E-state index in [2.05, 4.69) is 19.9 Å². The van der Waals surface area contributed by atoms with Crippen LogP contribution in [0.2, 0.25) is 0 Å². The van der Waals surface area contributed by atoms with Crippen molar-refractivity contribution in [3.8, 4) is 0 Å². The number of anilines is 2. The highest BCUT2D eigenvalue weighted by molar-refractivity contribution is 7.85. The predicted octanol–water partition coefficient (Wildman–Crippen LogP) is -0.101. The number of nitrogens with zero attached hydrogens (tertiary/aromatic N) is 3. The van der Waals surface area contributed by atoms with Crippen LogP contribution in [-0.2, 0) is 10.1 Å². The van der Waals surface area contributed by atoms with Crippen molar-refractivity contribution in [3.63, 3.8) is 0 Å². The van der Waals surface area contributed by atoms with E-state index in [1.807, 2.05) is 0 Å². The van der Waals surface area contributed by atoms with Crippen LogP contribution in [0.3, 0.4) is 0 Å². The van der Waals surface area contributed by atoms with Gasteiger partial charge in [-0.1, -0.05) is 0 Å². The first kappa shape index (κ1) is 13.5. The summed E-state index contributed by atoms with van der Waals surface area (Å²) in [4.78, 5) is 15.2. The van der Waals surface area contributed by atoms with Crippen LogP contribution in [0.25, 0.3) is 11.2 Å². The average molecular weight is 286 g/mol. The first-order valence-electron chi connectivity index (χ1n) is 5.45. The number of rotatable bonds is 1. The molecule has 1 aliphatic carbocycles. The molecule has 0 unspecified atom stereocenters. The monoisotopic (exact) mass is 286 g/mol. The van der Waals surface area contributed by atoms with Gasteiger partial charge in [-0.15, -0.1) is 0 Å². The van der Waals surface area contributed by atoms with Crippen molar-refractivity contribution in [2.45, 2.75) is 18.8 Å². The minimum Gasteiger partial charge on any atom is -0.369 e. The lowest BCUT2D eigenvalue weighted by Crippen LogP contribution is -1.99. The smallest absolute Gasteiger partial charge is 0.261 e. The summed E-state index contributed by atoms with van der Waals surface area (Å²) in [5.74, 6) is 1.13. The van der Waals surface area contributed by atoms with Crippen molar-refractivity contribution in [2.75, 3.05) is 17.7 Å². The third-order valence-electron chi connectivity index (χ3n) is 2.38. The summed E-state index contributed by atoms with van der Waals surface area (Å²) >= 11 is 0. The lowest BCUT2D eigenvalue weighted by molar-refractivity contribution is 0.490. The summed E-state index contributed by atoms with van der Waals surface area (Å²) in [5.41, 5.74) is 13.5. The van der Waals surface area contributed by atoms with E-state index in [-0.39, 0.29) is 5.95 Å². The fraction of sp³-hybridized carbons (Fsp3) is 0.444. The Bertz CT molecular complexity index is 698. The van der Waals surface area contributed by atoms with Crippen LogP contribution in [0, 0.1) is 0 Å². The van der Waals surface area contributed by atoms with Crippen molar-refractivity contribution in [1.82, 2.24) is 19.9 Å². The van der Waals surface area contributed by atoms with Gasteiger partial charge in [0.1, 0.15) is 5.52 Å². The van der Waals surface area contributed by atoms with Gasteiger partial charge in [-0.2, -0.15) is 18.4 Å². The van der Waals surface area contributed by atoms with Gasteiger partial charge in [-0.25, -0.2) is 4.98 Å². The number of imidazole rings is 1. The van der Waals surface area contributed by atoms with Crippen molar-refractivity contribution in [3.05, 3.63) is 5.69 Å². The van der Waals surface area contributed by atoms with Crippen LogP contribution in [-0.4, -0.2) is 39.2 Å². The number of hydrogen-bond acceptors (Lipinski definition) is 7. The molecule has 19 heavy (non-hydrogen) atoms. The Morgan fingerprint density at radius 3 is 2.37 bits per heavy atom. The maximum atomic E-state index is 9.19. The molecule has 0 saturated heterocycles. The molecule has 0 radical (unpaired) electrons. The molecule has 0 aliphatic heterocycles. The van der Waals surface area contributed by atoms with Gasteiger partial charge in [0.05, 0.1) is 11.9 Å². The van der Waals surface area contributed by atoms with Gasteiger partial charge in [0.25, 0.3) is 10.1 Å². The molecular formula is C9H14N6O3S. The molecule has 0 aromatic carbocycles. The standard InChI is InChI=1S/C8H10N6.CH4O3S/c9-7-11-4(3-1-2-3)5-6(13-7)14-8(10)12-5;1-5(2,3)4/h3H,1-2H2,(H5,9,10,11,12,13,14);1H3,(H,2,3,4). The molecule has 2 aromatic heterocycles. The van der Waals surface area contributed by atoms with Gasteiger partial charge in [0.2, 0.25) is 5.95 Å². The van der Waals surface area contributed by atoms with Crippen LogP contribution in [0.15, 0.2) is 0 Å². The van der Waals surface area contributed by atoms with E-state index in [1.54, 1.807) is 0 Å². The number of nitrogens with one attached hydrogen (secondary N) is 1. The van der Waals surface area contributed by atoms with Gasteiger partial charge >= 0.3 is 0 Å². The normalized spacial score (nSPS) is 15.1. The molecule has 3 rings (SSSR count). The number of nitrogens with two attached hydrogens (primary N) is 2. The number of aromatic nitrogens is 4. The number of H-pyrrole nitrogens is 1. The summed E-state index contributed by atoms with van der Waals surface area (Å²) in [6.45, 7) is 0. The molecule has 1 aliphatic rings. The lowest BCUT2D eigenvalue weighted by Gasteiger charge is -1.99. The maximum Gasteiger partial charge on any atom is 0.261 e. The zero-order valence-electron chi connectivity index (χ0n) is 10.2. The molecule has 9 nitrogen and oxygen atoms in total. The molecule has 0 amide bonds. The highest BCUT2D eigenvalue weighted by Gasteiger charge is 2.28. The molecule has 0 bridgehead atoms. The number of aromatic amines is 1. The summed E-state index contributed by atoms with van der Waals surface area (Å²) in [6, 6.07) is 0. The second-order valence-corrected chi connectivity index (χ2v) is 5.76. The van der Waals surface area contributed by atoms with Crippen molar-refractivity contribution >= 4 is 33.2 Å². The first-order valence-corrected chi connectivity index (χ1v) is 7.30. The molecule has 0 spiro atoms. The SMILES string of the molecule is CS(=O)(=O)O.Nc1nc(C2CC2)c2[nH]c(N)nc2n1. The van der Waals surface area contributed by atoms with Gasteiger partial charge in [0.15, 0.2) is 11.6 Å². The third kappa shape index (κ3) is 3.76. The molecule has 1 fully saturated rings. The van der Waals surface area contributed by atoms with Gasteiger partial charge < -0.3 is 16.5 Å². The summed E-state index contributed by atoms with van der Waals surface area (Å²) in [5, 5.41) is 0. The van der Waals surface area contributed by atoms with Crippen LogP contribution >= 0.6 is 0 Å². The molecule has 6 N–H and O–H groups in total. The van der Waals surface area contributed by atoms with Crippen molar-refractivity contribution in [1.29, 1.82) is 0 Å². The van der Waals surface area contributed by atoms with Crippen LogP contribution < -0.4 is 11.5 Å². The number of hydrogen-bond donors (Lipinski definition) is 4. The molecule has 2 heterocycles. The highest BCUT2D eigenvalue weighted by atomic mass is 32.2. The zero-order chi connectivity index (χ0) is 14.2. The topological polar surface area (TPSA) is 161 Å². The van der Waals surface area contributed by atoms with Crippen LogP contribution in [0.4, 0.5) is 11.9 Å². The van der Waals surface area contributed by atoms with E-state index in [9.17, 15) is 8.42 Å². The molecule has 2 aromatic rings. The second kappa shape index (κ2) is 4.63. The van der Waals surface area contributed by atoms with Crippen LogP contribution in [0.5, 0.6) is 0 Å². The Kier molecular flexibility index (Phi) is 3.28. The van der Waals surface area contributed by atoms with E-state index < -0.39 is 10.1 Å². The van der Waals surface area contributed by atoms with Crippen LogP contribution in [0.1, 0.15) is 24.5 Å². The quantitative estimate of drug-likeness (QED) is 0.528. The van der Waals surface area contributed by atoms with Gasteiger partial charge in [-0.3, -0.25) is 4.55 Å². The fourth-order valence-corrected chi connectivity index (χ4v) is 1.61. The van der Waals surface area contributed by atoms with E-state index in [0.29, 0.717) is 23.8 Å². The Morgan fingerprint density at radius 2 is 1.84 bits per heavy atom.